The number of hydrogen-bond acceptors (Lipinski definition) is 3. The molecule has 16 heavy (non-hydrogen) atoms. The van der Waals surface area contributed by atoms with E-state index in [9.17, 15) is 0 Å². The number of pyridine rings is 1. The molecular formula is C12H16N4. The van der Waals surface area contributed by atoms with Gasteiger partial charge in [-0.2, -0.15) is 5.10 Å². The van der Waals surface area contributed by atoms with Crippen LogP contribution in [0.25, 0.3) is 0 Å². The molecule has 4 heteroatoms. The van der Waals surface area contributed by atoms with E-state index >= 15 is 0 Å². The molecule has 1 N–H and O–H groups in total. The maximum Gasteiger partial charge on any atom is 0.0533 e. The third-order valence-electron chi connectivity index (χ3n) is 2.42. The van der Waals surface area contributed by atoms with Crippen molar-refractivity contribution in [1.29, 1.82) is 0 Å². The Morgan fingerprint density at radius 1 is 1.12 bits per heavy atom. The van der Waals surface area contributed by atoms with Crippen LogP contribution < -0.4 is 5.32 Å². The molecule has 84 valence electrons. The quantitative estimate of drug-likeness (QED) is 0.736. The summed E-state index contributed by atoms with van der Waals surface area (Å²) in [4.78, 5) is 3.99. The second-order valence-electron chi connectivity index (χ2n) is 3.62. The minimum Gasteiger partial charge on any atom is -0.315 e. The van der Waals surface area contributed by atoms with E-state index in [0.717, 1.165) is 26.1 Å². The van der Waals surface area contributed by atoms with E-state index in [0.29, 0.717) is 0 Å². The molecule has 2 aromatic rings. The van der Waals surface area contributed by atoms with Crippen molar-refractivity contribution in [1.82, 2.24) is 20.1 Å². The molecule has 0 saturated heterocycles. The minimum atomic E-state index is 0.920. The second kappa shape index (κ2) is 6.02. The summed E-state index contributed by atoms with van der Waals surface area (Å²) in [5.74, 6) is 0. The van der Waals surface area contributed by atoms with Crippen LogP contribution in [0.2, 0.25) is 0 Å². The predicted molar refractivity (Wildman–Crippen MR) is 63.0 cm³/mol. The highest BCUT2D eigenvalue weighted by Gasteiger charge is 1.92. The van der Waals surface area contributed by atoms with Gasteiger partial charge in [-0.25, -0.2) is 0 Å². The van der Waals surface area contributed by atoms with E-state index in [1.807, 2.05) is 29.3 Å². The van der Waals surface area contributed by atoms with Crippen molar-refractivity contribution in [3.8, 4) is 0 Å². The van der Waals surface area contributed by atoms with E-state index in [1.54, 1.807) is 6.20 Å². The Balaban J connectivity index is 1.59. The maximum absolute atomic E-state index is 4.14. The van der Waals surface area contributed by atoms with Crippen LogP contribution in [0.3, 0.4) is 0 Å². The number of hydrogen-bond donors (Lipinski definition) is 1. The molecule has 0 unspecified atom stereocenters. The van der Waals surface area contributed by atoms with Gasteiger partial charge in [0.1, 0.15) is 0 Å². The monoisotopic (exact) mass is 216 g/mol. The van der Waals surface area contributed by atoms with Gasteiger partial charge in [-0.15, -0.1) is 0 Å². The Hall–Kier alpha value is -1.68. The zero-order chi connectivity index (χ0) is 11.1. The van der Waals surface area contributed by atoms with Crippen molar-refractivity contribution in [2.24, 2.45) is 0 Å². The summed E-state index contributed by atoms with van der Waals surface area (Å²) in [7, 11) is 0. The predicted octanol–water partition coefficient (Wildman–Crippen LogP) is 1.11. The second-order valence-corrected chi connectivity index (χ2v) is 3.62. The number of nitrogens with zero attached hydrogens (tertiary/aromatic N) is 3. The molecule has 0 aliphatic heterocycles. The molecule has 2 aromatic heterocycles. The van der Waals surface area contributed by atoms with Gasteiger partial charge in [0, 0.05) is 31.3 Å². The normalized spacial score (nSPS) is 10.5. The smallest absolute Gasteiger partial charge is 0.0533 e. The average Bonchev–Trinajstić information content (AvgIpc) is 2.83. The van der Waals surface area contributed by atoms with E-state index in [-0.39, 0.29) is 0 Å². The van der Waals surface area contributed by atoms with Crippen molar-refractivity contribution >= 4 is 0 Å². The fourth-order valence-electron chi connectivity index (χ4n) is 1.53. The standard InChI is InChI=1S/C12H16N4/c1-5-15-16(10-1)11-9-14-8-4-12-2-6-13-7-3-12/h1-3,5-7,10,14H,4,8-9,11H2. The molecule has 0 bridgehead atoms. The van der Waals surface area contributed by atoms with Gasteiger partial charge in [0.2, 0.25) is 0 Å². The zero-order valence-electron chi connectivity index (χ0n) is 9.21. The van der Waals surface area contributed by atoms with E-state index in [4.69, 9.17) is 0 Å². The van der Waals surface area contributed by atoms with Crippen LogP contribution in [-0.2, 0) is 13.0 Å². The van der Waals surface area contributed by atoms with Gasteiger partial charge in [0.05, 0.1) is 6.54 Å². The van der Waals surface area contributed by atoms with E-state index in [2.05, 4.69) is 27.5 Å². The summed E-state index contributed by atoms with van der Waals surface area (Å²) in [5.41, 5.74) is 1.32. The lowest BCUT2D eigenvalue weighted by molar-refractivity contribution is 0.556. The first-order valence-electron chi connectivity index (χ1n) is 5.52. The largest absolute Gasteiger partial charge is 0.315 e. The summed E-state index contributed by atoms with van der Waals surface area (Å²) < 4.78 is 1.93. The third kappa shape index (κ3) is 3.47. The molecule has 0 saturated carbocycles. The van der Waals surface area contributed by atoms with E-state index < -0.39 is 0 Å². The Bertz CT molecular complexity index is 383. The summed E-state index contributed by atoms with van der Waals surface area (Å²) in [6.07, 6.45) is 8.49. The minimum absolute atomic E-state index is 0.920. The van der Waals surface area contributed by atoms with Crippen LogP contribution in [0.4, 0.5) is 0 Å². The first-order valence-corrected chi connectivity index (χ1v) is 5.52. The topological polar surface area (TPSA) is 42.7 Å². The molecule has 0 aliphatic rings. The SMILES string of the molecule is c1cnn(CCNCCc2ccncc2)c1. The highest BCUT2D eigenvalue weighted by atomic mass is 15.3. The van der Waals surface area contributed by atoms with Crippen molar-refractivity contribution in [3.05, 3.63) is 48.5 Å². The van der Waals surface area contributed by atoms with Gasteiger partial charge in [0.15, 0.2) is 0 Å². The van der Waals surface area contributed by atoms with Crippen LogP contribution >= 0.6 is 0 Å². The molecule has 2 heterocycles. The van der Waals surface area contributed by atoms with Crippen LogP contribution in [-0.4, -0.2) is 27.9 Å². The number of rotatable bonds is 6. The van der Waals surface area contributed by atoms with Gasteiger partial charge in [0.25, 0.3) is 0 Å². The Kier molecular flexibility index (Phi) is 4.08. The van der Waals surface area contributed by atoms with Crippen LogP contribution in [0.15, 0.2) is 43.0 Å². The van der Waals surface area contributed by atoms with E-state index in [1.165, 1.54) is 5.56 Å². The fraction of sp³-hybridized carbons (Fsp3) is 0.333. The lowest BCUT2D eigenvalue weighted by Gasteiger charge is -2.04. The highest BCUT2D eigenvalue weighted by Crippen LogP contribution is 1.95. The highest BCUT2D eigenvalue weighted by molar-refractivity contribution is 5.09. The molecule has 0 fully saturated rings. The molecule has 0 amide bonds. The molecule has 0 atom stereocenters. The van der Waals surface area contributed by atoms with Crippen LogP contribution in [0.5, 0.6) is 0 Å². The van der Waals surface area contributed by atoms with Gasteiger partial charge in [-0.05, 0) is 36.7 Å². The summed E-state index contributed by atoms with van der Waals surface area (Å²) >= 11 is 0. The molecular weight excluding hydrogens is 200 g/mol. The maximum atomic E-state index is 4.14. The summed E-state index contributed by atoms with van der Waals surface area (Å²) in [6, 6.07) is 6.04. The Morgan fingerprint density at radius 3 is 2.75 bits per heavy atom. The van der Waals surface area contributed by atoms with Crippen LogP contribution in [0.1, 0.15) is 5.56 Å². The first-order chi connectivity index (χ1) is 7.95. The fourth-order valence-corrected chi connectivity index (χ4v) is 1.53. The third-order valence-corrected chi connectivity index (χ3v) is 2.42. The van der Waals surface area contributed by atoms with Gasteiger partial charge in [-0.1, -0.05) is 0 Å². The van der Waals surface area contributed by atoms with Gasteiger partial charge in [-0.3, -0.25) is 9.67 Å². The summed E-state index contributed by atoms with van der Waals surface area (Å²) in [6.45, 7) is 2.86. The Morgan fingerprint density at radius 2 is 2.00 bits per heavy atom. The molecule has 0 aromatic carbocycles. The lowest BCUT2D eigenvalue weighted by Crippen LogP contribution is -2.22. The number of aromatic nitrogens is 3. The van der Waals surface area contributed by atoms with Gasteiger partial charge < -0.3 is 5.32 Å². The Labute approximate surface area is 95.3 Å². The molecule has 0 spiro atoms. The van der Waals surface area contributed by atoms with Crippen molar-refractivity contribution in [2.75, 3.05) is 13.1 Å². The van der Waals surface area contributed by atoms with Crippen LogP contribution in [0, 0.1) is 0 Å². The average molecular weight is 216 g/mol. The molecule has 0 radical (unpaired) electrons. The first kappa shape index (κ1) is 10.8. The van der Waals surface area contributed by atoms with Gasteiger partial charge >= 0.3 is 0 Å². The lowest BCUT2D eigenvalue weighted by atomic mass is 10.2. The zero-order valence-corrected chi connectivity index (χ0v) is 9.21. The summed E-state index contributed by atoms with van der Waals surface area (Å²) in [5, 5.41) is 7.53. The van der Waals surface area contributed by atoms with Crippen molar-refractivity contribution in [3.63, 3.8) is 0 Å². The number of nitrogens with one attached hydrogen (secondary N) is 1. The van der Waals surface area contributed by atoms with Crippen molar-refractivity contribution < 1.29 is 0 Å². The molecule has 4 nitrogen and oxygen atoms in total. The molecule has 2 rings (SSSR count). The molecule has 0 aliphatic carbocycles. The van der Waals surface area contributed by atoms with Crippen molar-refractivity contribution in [2.45, 2.75) is 13.0 Å².